The molecule has 0 aliphatic carbocycles. The minimum Gasteiger partial charge on any atom is -0.481 e. The fourth-order valence-electron chi connectivity index (χ4n) is 3.59. The lowest BCUT2D eigenvalue weighted by molar-refractivity contribution is 0.0607. The second kappa shape index (κ2) is 6.05. The fourth-order valence-corrected chi connectivity index (χ4v) is 3.59. The molecule has 2 fully saturated rings. The Balaban J connectivity index is 1.72. The van der Waals surface area contributed by atoms with Gasteiger partial charge in [0.05, 0.1) is 20.3 Å². The molecular weight excluding hydrogens is 268 g/mol. The third-order valence-corrected chi connectivity index (χ3v) is 4.77. The van der Waals surface area contributed by atoms with Gasteiger partial charge in [0, 0.05) is 18.1 Å². The number of methoxy groups -OCH3 is 2. The van der Waals surface area contributed by atoms with Gasteiger partial charge in [-0.1, -0.05) is 6.42 Å². The molecule has 2 bridgehead atoms. The van der Waals surface area contributed by atoms with Crippen molar-refractivity contribution in [2.24, 2.45) is 0 Å². The summed E-state index contributed by atoms with van der Waals surface area (Å²) in [6.45, 7) is 0. The summed E-state index contributed by atoms with van der Waals surface area (Å²) in [5, 5.41) is 3.47. The maximum absolute atomic E-state index is 5.20. The Morgan fingerprint density at radius 2 is 1.67 bits per heavy atom. The third kappa shape index (κ3) is 3.05. The second-order valence-electron chi connectivity index (χ2n) is 5.99. The first-order chi connectivity index (χ1) is 10.2. The van der Waals surface area contributed by atoms with E-state index in [1.54, 1.807) is 20.3 Å². The summed E-state index contributed by atoms with van der Waals surface area (Å²) in [5.74, 6) is 1.65. The molecule has 6 heteroatoms. The van der Waals surface area contributed by atoms with Gasteiger partial charge >= 0.3 is 0 Å². The molecule has 0 radical (unpaired) electrons. The van der Waals surface area contributed by atoms with Crippen LogP contribution in [-0.4, -0.2) is 54.3 Å². The van der Waals surface area contributed by atoms with E-state index in [2.05, 4.69) is 27.2 Å². The van der Waals surface area contributed by atoms with E-state index in [0.717, 1.165) is 12.8 Å². The van der Waals surface area contributed by atoms with Crippen molar-refractivity contribution in [1.82, 2.24) is 14.9 Å². The molecule has 0 aromatic carbocycles. The monoisotopic (exact) mass is 292 g/mol. The number of aromatic nitrogens is 2. The summed E-state index contributed by atoms with van der Waals surface area (Å²) in [5.41, 5.74) is 0. The fraction of sp³-hybridized carbons (Fsp3) is 0.733. The Morgan fingerprint density at radius 1 is 1.10 bits per heavy atom. The maximum Gasteiger partial charge on any atom is 0.229 e. The van der Waals surface area contributed by atoms with Crippen LogP contribution in [0.5, 0.6) is 11.8 Å². The molecule has 3 rings (SSSR count). The molecule has 1 aromatic rings. The van der Waals surface area contributed by atoms with E-state index in [9.17, 15) is 0 Å². The molecule has 21 heavy (non-hydrogen) atoms. The first kappa shape index (κ1) is 14.4. The average Bonchev–Trinajstić information content (AvgIpc) is 2.48. The highest BCUT2D eigenvalue weighted by molar-refractivity contribution is 5.34. The molecule has 2 aliphatic heterocycles. The lowest BCUT2D eigenvalue weighted by atomic mass is 9.82. The summed E-state index contributed by atoms with van der Waals surface area (Å²) in [7, 11) is 5.47. The van der Waals surface area contributed by atoms with Crippen LogP contribution in [0.4, 0.5) is 5.95 Å². The summed E-state index contributed by atoms with van der Waals surface area (Å²) < 4.78 is 10.4. The summed E-state index contributed by atoms with van der Waals surface area (Å²) in [6, 6.07) is 3.48. The van der Waals surface area contributed by atoms with Crippen molar-refractivity contribution in [3.05, 3.63) is 6.07 Å². The number of rotatable bonds is 4. The van der Waals surface area contributed by atoms with Crippen LogP contribution < -0.4 is 14.8 Å². The van der Waals surface area contributed by atoms with E-state index in [-0.39, 0.29) is 0 Å². The van der Waals surface area contributed by atoms with Crippen molar-refractivity contribution < 1.29 is 9.47 Å². The molecular formula is C15H24N4O2. The van der Waals surface area contributed by atoms with E-state index in [0.29, 0.717) is 35.8 Å². The molecule has 0 spiro atoms. The van der Waals surface area contributed by atoms with Gasteiger partial charge in [0.2, 0.25) is 17.7 Å². The van der Waals surface area contributed by atoms with E-state index in [1.807, 2.05) is 0 Å². The van der Waals surface area contributed by atoms with Crippen molar-refractivity contribution in [1.29, 1.82) is 0 Å². The zero-order chi connectivity index (χ0) is 14.8. The Hall–Kier alpha value is -1.56. The number of hydrogen-bond donors (Lipinski definition) is 1. The number of hydrogen-bond acceptors (Lipinski definition) is 6. The largest absolute Gasteiger partial charge is 0.481 e. The van der Waals surface area contributed by atoms with Crippen molar-refractivity contribution in [3.63, 3.8) is 0 Å². The van der Waals surface area contributed by atoms with Gasteiger partial charge in [-0.3, -0.25) is 0 Å². The predicted octanol–water partition coefficient (Wildman–Crippen LogP) is 1.92. The highest BCUT2D eigenvalue weighted by Gasteiger charge is 2.36. The van der Waals surface area contributed by atoms with Crippen LogP contribution in [0.1, 0.15) is 32.1 Å². The minimum absolute atomic E-state index is 0.424. The van der Waals surface area contributed by atoms with Crippen molar-refractivity contribution in [2.75, 3.05) is 26.6 Å². The highest BCUT2D eigenvalue weighted by Crippen LogP contribution is 2.33. The topological polar surface area (TPSA) is 59.5 Å². The summed E-state index contributed by atoms with van der Waals surface area (Å²) in [4.78, 5) is 11.3. The van der Waals surface area contributed by atoms with Gasteiger partial charge in [-0.05, 0) is 32.7 Å². The number of piperidine rings is 2. The molecule has 3 heterocycles. The van der Waals surface area contributed by atoms with Gasteiger partial charge in [-0.2, -0.15) is 9.97 Å². The molecule has 2 saturated heterocycles. The van der Waals surface area contributed by atoms with Crippen LogP contribution in [0, 0.1) is 0 Å². The lowest BCUT2D eigenvalue weighted by Gasteiger charge is -2.47. The Kier molecular flexibility index (Phi) is 4.14. The predicted molar refractivity (Wildman–Crippen MR) is 81.0 cm³/mol. The molecule has 6 nitrogen and oxygen atoms in total. The second-order valence-corrected chi connectivity index (χ2v) is 5.99. The number of nitrogens with one attached hydrogen (secondary N) is 1. The highest BCUT2D eigenvalue weighted by atomic mass is 16.5. The quantitative estimate of drug-likeness (QED) is 0.915. The SMILES string of the molecule is COc1cc(OC)nc(NC2CC3CCCC(C2)N3C)n1. The van der Waals surface area contributed by atoms with E-state index in [1.165, 1.54) is 19.3 Å². The summed E-state index contributed by atoms with van der Waals surface area (Å²) in [6.07, 6.45) is 6.25. The van der Waals surface area contributed by atoms with Crippen molar-refractivity contribution >= 4 is 5.95 Å². The number of nitrogens with zero attached hydrogens (tertiary/aromatic N) is 3. The standard InChI is InChI=1S/C15H24N4O2/c1-19-11-5-4-6-12(19)8-10(7-11)16-15-17-13(20-2)9-14(18-15)21-3/h9-12H,4-8H2,1-3H3,(H,16,17,18). The molecule has 1 N–H and O–H groups in total. The lowest BCUT2D eigenvalue weighted by Crippen LogP contribution is -2.52. The van der Waals surface area contributed by atoms with Gasteiger partial charge in [0.15, 0.2) is 0 Å². The van der Waals surface area contributed by atoms with Gasteiger partial charge in [-0.25, -0.2) is 0 Å². The zero-order valence-electron chi connectivity index (χ0n) is 13.0. The molecule has 116 valence electrons. The molecule has 1 aromatic heterocycles. The van der Waals surface area contributed by atoms with Crippen LogP contribution in [-0.2, 0) is 0 Å². The van der Waals surface area contributed by atoms with Crippen molar-refractivity contribution in [3.8, 4) is 11.8 Å². The van der Waals surface area contributed by atoms with Crippen LogP contribution in [0.3, 0.4) is 0 Å². The van der Waals surface area contributed by atoms with E-state index < -0.39 is 0 Å². The first-order valence-electron chi connectivity index (χ1n) is 7.65. The molecule has 2 aliphatic rings. The van der Waals surface area contributed by atoms with E-state index in [4.69, 9.17) is 9.47 Å². The Bertz CT molecular complexity index is 460. The summed E-state index contributed by atoms with van der Waals surface area (Å²) >= 11 is 0. The van der Waals surface area contributed by atoms with Gasteiger partial charge < -0.3 is 19.7 Å². The average molecular weight is 292 g/mol. The van der Waals surface area contributed by atoms with Crippen LogP contribution in [0.25, 0.3) is 0 Å². The number of fused-ring (bicyclic) bond motifs is 2. The van der Waals surface area contributed by atoms with Crippen LogP contribution in [0.15, 0.2) is 6.07 Å². The molecule has 2 unspecified atom stereocenters. The molecule has 0 amide bonds. The van der Waals surface area contributed by atoms with Crippen LogP contribution in [0.2, 0.25) is 0 Å². The van der Waals surface area contributed by atoms with Crippen LogP contribution >= 0.6 is 0 Å². The maximum atomic E-state index is 5.20. The number of ether oxygens (including phenoxy) is 2. The van der Waals surface area contributed by atoms with E-state index >= 15 is 0 Å². The number of anilines is 1. The smallest absolute Gasteiger partial charge is 0.229 e. The van der Waals surface area contributed by atoms with Gasteiger partial charge in [0.1, 0.15) is 0 Å². The Labute approximate surface area is 125 Å². The third-order valence-electron chi connectivity index (χ3n) is 4.77. The van der Waals surface area contributed by atoms with Gasteiger partial charge in [0.25, 0.3) is 0 Å². The first-order valence-corrected chi connectivity index (χ1v) is 7.65. The van der Waals surface area contributed by atoms with Crippen molar-refractivity contribution in [2.45, 2.75) is 50.2 Å². The minimum atomic E-state index is 0.424. The molecule has 2 atom stereocenters. The normalized spacial score (nSPS) is 29.0. The molecule has 0 saturated carbocycles. The zero-order valence-corrected chi connectivity index (χ0v) is 13.0. The van der Waals surface area contributed by atoms with Gasteiger partial charge in [-0.15, -0.1) is 0 Å². The Morgan fingerprint density at radius 3 is 2.19 bits per heavy atom.